The number of aromatic nitrogens is 2. The summed E-state index contributed by atoms with van der Waals surface area (Å²) in [5.74, 6) is -0.350. The fraction of sp³-hybridized carbons (Fsp3) is 0. The van der Waals surface area contributed by atoms with Crippen molar-refractivity contribution in [3.05, 3.63) is 63.8 Å². The van der Waals surface area contributed by atoms with E-state index in [0.717, 1.165) is 12.3 Å². The summed E-state index contributed by atoms with van der Waals surface area (Å²) in [5, 5.41) is 2.61. The Balaban J connectivity index is 1.94. The van der Waals surface area contributed by atoms with E-state index in [1.807, 2.05) is 12.1 Å². The van der Waals surface area contributed by atoms with Gasteiger partial charge in [0, 0.05) is 6.07 Å². The largest absolute Gasteiger partial charge is 0.430 e. The minimum atomic E-state index is -0.532. The second-order valence-corrected chi connectivity index (χ2v) is 4.51. The Kier molecular flexibility index (Phi) is 3.37. The number of benzene rings is 1. The number of nitrogens with one attached hydrogen (secondary N) is 1. The van der Waals surface area contributed by atoms with Gasteiger partial charge in [0.05, 0.1) is 16.6 Å². The minimum Gasteiger partial charge on any atom is -0.430 e. The zero-order chi connectivity index (χ0) is 14.8. The maximum absolute atomic E-state index is 12.0. The van der Waals surface area contributed by atoms with Gasteiger partial charge in [0.2, 0.25) is 0 Å². The first kappa shape index (κ1) is 13.3. The third kappa shape index (κ3) is 2.75. The molecule has 0 aliphatic heterocycles. The predicted octanol–water partition coefficient (Wildman–Crippen LogP) is 2.49. The molecule has 1 N–H and O–H groups in total. The maximum atomic E-state index is 12.0. The summed E-state index contributed by atoms with van der Waals surface area (Å²) in [6.07, 6.45) is 1.07. The van der Waals surface area contributed by atoms with Crippen LogP contribution < -0.4 is 10.9 Å². The van der Waals surface area contributed by atoms with Crippen molar-refractivity contribution >= 4 is 34.4 Å². The van der Waals surface area contributed by atoms with Gasteiger partial charge in [0.15, 0.2) is 11.0 Å². The van der Waals surface area contributed by atoms with Gasteiger partial charge in [-0.05, 0) is 18.2 Å². The third-order valence-corrected chi connectivity index (χ3v) is 2.99. The summed E-state index contributed by atoms with van der Waals surface area (Å²) in [4.78, 5) is 31.3. The van der Waals surface area contributed by atoms with Crippen molar-refractivity contribution < 1.29 is 9.21 Å². The molecule has 0 atom stereocenters. The summed E-state index contributed by atoms with van der Waals surface area (Å²) in [6.45, 7) is 0. The maximum Gasteiger partial charge on any atom is 0.335 e. The second kappa shape index (κ2) is 5.34. The lowest BCUT2D eigenvalue weighted by molar-refractivity contribution is 0.102. The zero-order valence-corrected chi connectivity index (χ0v) is 11.3. The summed E-state index contributed by atoms with van der Waals surface area (Å²) in [7, 11) is 0. The monoisotopic (exact) mass is 301 g/mol. The average molecular weight is 302 g/mol. The molecule has 2 heterocycles. The van der Waals surface area contributed by atoms with Gasteiger partial charge in [-0.25, -0.2) is 14.8 Å². The highest BCUT2D eigenvalue weighted by atomic mass is 35.5. The van der Waals surface area contributed by atoms with E-state index in [4.69, 9.17) is 11.6 Å². The van der Waals surface area contributed by atoms with Gasteiger partial charge in [-0.3, -0.25) is 4.79 Å². The number of amides is 1. The molecule has 0 aliphatic carbocycles. The van der Waals surface area contributed by atoms with Crippen molar-refractivity contribution in [3.63, 3.8) is 0 Å². The average Bonchev–Trinajstić information content (AvgIpc) is 2.48. The quantitative estimate of drug-likeness (QED) is 0.786. The van der Waals surface area contributed by atoms with Gasteiger partial charge >= 0.3 is 5.63 Å². The molecule has 0 saturated carbocycles. The van der Waals surface area contributed by atoms with Gasteiger partial charge in [0.25, 0.3) is 5.91 Å². The van der Waals surface area contributed by atoms with Gasteiger partial charge in [-0.2, -0.15) is 0 Å². The number of rotatable bonds is 2. The molecule has 0 spiro atoms. The van der Waals surface area contributed by atoms with E-state index in [1.165, 1.54) is 6.07 Å². The van der Waals surface area contributed by atoms with E-state index >= 15 is 0 Å². The normalized spacial score (nSPS) is 10.5. The van der Waals surface area contributed by atoms with Crippen LogP contribution in [0.1, 0.15) is 10.4 Å². The Morgan fingerprint density at radius 1 is 1.10 bits per heavy atom. The Labute approximate surface area is 123 Å². The molecule has 0 fully saturated rings. The Morgan fingerprint density at radius 3 is 2.48 bits per heavy atom. The van der Waals surface area contributed by atoms with Crippen LogP contribution in [0.3, 0.4) is 0 Å². The zero-order valence-electron chi connectivity index (χ0n) is 10.5. The van der Waals surface area contributed by atoms with Gasteiger partial charge in [-0.1, -0.05) is 23.7 Å². The van der Waals surface area contributed by atoms with Crippen LogP contribution in [0.2, 0.25) is 5.15 Å². The minimum absolute atomic E-state index is 0.0828. The van der Waals surface area contributed by atoms with Crippen LogP contribution in [-0.2, 0) is 0 Å². The number of fused-ring (bicyclic) bond motifs is 1. The molecule has 0 unspecified atom stereocenters. The lowest BCUT2D eigenvalue weighted by atomic mass is 10.3. The first-order valence-corrected chi connectivity index (χ1v) is 6.34. The third-order valence-electron chi connectivity index (χ3n) is 2.72. The van der Waals surface area contributed by atoms with Crippen LogP contribution in [0.5, 0.6) is 0 Å². The van der Waals surface area contributed by atoms with E-state index in [9.17, 15) is 9.59 Å². The fourth-order valence-corrected chi connectivity index (χ4v) is 1.91. The molecule has 6 nitrogen and oxygen atoms in total. The van der Waals surface area contributed by atoms with E-state index in [1.54, 1.807) is 12.1 Å². The summed E-state index contributed by atoms with van der Waals surface area (Å²) < 4.78 is 4.63. The molecule has 21 heavy (non-hydrogen) atoms. The highest BCUT2D eigenvalue weighted by Gasteiger charge is 2.12. The number of hydrogen-bond acceptors (Lipinski definition) is 5. The molecule has 1 aromatic carbocycles. The van der Waals surface area contributed by atoms with Crippen molar-refractivity contribution in [3.8, 4) is 0 Å². The van der Waals surface area contributed by atoms with Crippen LogP contribution in [0.4, 0.5) is 5.82 Å². The van der Waals surface area contributed by atoms with Gasteiger partial charge < -0.3 is 9.73 Å². The molecule has 0 bridgehead atoms. The molecule has 3 aromatic rings. The molecule has 0 saturated heterocycles. The second-order valence-electron chi connectivity index (χ2n) is 4.15. The molecular weight excluding hydrogens is 294 g/mol. The molecule has 7 heteroatoms. The smallest absolute Gasteiger partial charge is 0.335 e. The summed E-state index contributed by atoms with van der Waals surface area (Å²) in [5.41, 5.74) is 0.888. The van der Waals surface area contributed by atoms with Crippen molar-refractivity contribution in [1.29, 1.82) is 0 Å². The van der Waals surface area contributed by atoms with Crippen LogP contribution in [0, 0.1) is 0 Å². The van der Waals surface area contributed by atoms with Crippen molar-refractivity contribution in [2.45, 2.75) is 0 Å². The highest BCUT2D eigenvalue weighted by molar-refractivity contribution is 6.32. The Bertz CT molecular complexity index is 872. The Hall–Kier alpha value is -2.73. The molecule has 104 valence electrons. The van der Waals surface area contributed by atoms with E-state index < -0.39 is 11.5 Å². The molecule has 0 aliphatic rings. The number of halogens is 1. The van der Waals surface area contributed by atoms with Gasteiger partial charge in [-0.15, -0.1) is 0 Å². The number of anilines is 1. The van der Waals surface area contributed by atoms with Crippen LogP contribution in [-0.4, -0.2) is 15.9 Å². The lowest BCUT2D eigenvalue weighted by Crippen LogP contribution is -2.14. The van der Waals surface area contributed by atoms with Crippen molar-refractivity contribution in [2.24, 2.45) is 0 Å². The van der Waals surface area contributed by atoms with E-state index in [-0.39, 0.29) is 16.5 Å². The predicted molar refractivity (Wildman–Crippen MR) is 77.5 cm³/mol. The topological polar surface area (TPSA) is 85.1 Å². The van der Waals surface area contributed by atoms with Crippen LogP contribution >= 0.6 is 11.6 Å². The van der Waals surface area contributed by atoms with E-state index in [2.05, 4.69) is 19.7 Å². The molecular formula is C14H8ClN3O3. The standard InChI is InChI=1S/C14H8ClN3O3/c15-12-13(17-10-4-2-1-3-9(10)16-12)18-14(20)8-5-6-11(19)21-7-8/h1-7H,(H,17,18,20). The van der Waals surface area contributed by atoms with E-state index in [0.29, 0.717) is 11.0 Å². The Morgan fingerprint density at radius 2 is 1.81 bits per heavy atom. The number of carbonyl (C=O) groups is 1. The molecule has 3 rings (SSSR count). The first-order valence-electron chi connectivity index (χ1n) is 5.96. The number of para-hydroxylation sites is 2. The lowest BCUT2D eigenvalue weighted by Gasteiger charge is -2.06. The SMILES string of the molecule is O=C(Nc1nc2ccccc2nc1Cl)c1ccc(=O)oc1. The fourth-order valence-electron chi connectivity index (χ4n) is 1.72. The van der Waals surface area contributed by atoms with Crippen LogP contribution in [0.15, 0.2) is 51.9 Å². The number of hydrogen-bond donors (Lipinski definition) is 1. The first-order chi connectivity index (χ1) is 10.1. The van der Waals surface area contributed by atoms with Crippen LogP contribution in [0.25, 0.3) is 11.0 Å². The molecule has 1 amide bonds. The summed E-state index contributed by atoms with van der Waals surface area (Å²) >= 11 is 6.00. The highest BCUT2D eigenvalue weighted by Crippen LogP contribution is 2.21. The van der Waals surface area contributed by atoms with Crippen molar-refractivity contribution in [1.82, 2.24) is 9.97 Å². The summed E-state index contributed by atoms with van der Waals surface area (Å²) in [6, 6.07) is 9.66. The number of carbonyl (C=O) groups excluding carboxylic acids is 1. The number of nitrogens with zero attached hydrogens (tertiary/aromatic N) is 2. The van der Waals surface area contributed by atoms with Gasteiger partial charge in [0.1, 0.15) is 6.26 Å². The molecule has 0 radical (unpaired) electrons. The molecule has 2 aromatic heterocycles. The van der Waals surface area contributed by atoms with Crippen molar-refractivity contribution in [2.75, 3.05) is 5.32 Å².